The molecule has 2 atom stereocenters. The van der Waals surface area contributed by atoms with Crippen LogP contribution in [0.25, 0.3) is 0 Å². The van der Waals surface area contributed by atoms with Crippen molar-refractivity contribution in [2.24, 2.45) is 5.73 Å². The van der Waals surface area contributed by atoms with E-state index in [0.29, 0.717) is 5.75 Å². The van der Waals surface area contributed by atoms with E-state index in [-0.39, 0.29) is 18.5 Å². The summed E-state index contributed by atoms with van der Waals surface area (Å²) in [7, 11) is 0. The van der Waals surface area contributed by atoms with Gasteiger partial charge in [-0.05, 0) is 38.3 Å². The van der Waals surface area contributed by atoms with E-state index in [1.54, 1.807) is 6.92 Å². The maximum absolute atomic E-state index is 11.8. The first-order valence-electron chi connectivity index (χ1n) is 7.20. The van der Waals surface area contributed by atoms with Crippen molar-refractivity contribution >= 4 is 5.91 Å². The van der Waals surface area contributed by atoms with E-state index in [4.69, 9.17) is 16.9 Å². The number of hydrogen-bond acceptors (Lipinski definition) is 3. The van der Waals surface area contributed by atoms with E-state index in [1.165, 1.54) is 0 Å². The number of amides is 1. The molecule has 21 heavy (non-hydrogen) atoms. The molecule has 0 spiro atoms. The van der Waals surface area contributed by atoms with Gasteiger partial charge in [0.15, 0.2) is 6.10 Å². The Morgan fingerprint density at radius 2 is 2.24 bits per heavy atom. The van der Waals surface area contributed by atoms with Crippen molar-refractivity contribution < 1.29 is 9.53 Å². The van der Waals surface area contributed by atoms with Crippen LogP contribution in [0.3, 0.4) is 0 Å². The molecule has 2 unspecified atom stereocenters. The van der Waals surface area contributed by atoms with Crippen LogP contribution < -0.4 is 15.8 Å². The molecule has 1 aromatic rings. The lowest BCUT2D eigenvalue weighted by Gasteiger charge is -2.18. The van der Waals surface area contributed by atoms with E-state index in [1.807, 2.05) is 19.1 Å². The summed E-state index contributed by atoms with van der Waals surface area (Å²) in [6, 6.07) is 5.98. The van der Waals surface area contributed by atoms with Crippen molar-refractivity contribution in [1.29, 1.82) is 0 Å². The highest BCUT2D eigenvalue weighted by molar-refractivity contribution is 5.80. The SMILES string of the molecule is C#CCNC(=O)C(C)Oc1ccc(C)cc1CC(N)CC. The van der Waals surface area contributed by atoms with Gasteiger partial charge in [-0.3, -0.25) is 4.79 Å². The minimum Gasteiger partial charge on any atom is -0.481 e. The van der Waals surface area contributed by atoms with Gasteiger partial charge >= 0.3 is 0 Å². The molecule has 4 nitrogen and oxygen atoms in total. The zero-order chi connectivity index (χ0) is 15.8. The molecular weight excluding hydrogens is 264 g/mol. The van der Waals surface area contributed by atoms with Crippen molar-refractivity contribution in [2.45, 2.75) is 45.8 Å². The highest BCUT2D eigenvalue weighted by Crippen LogP contribution is 2.23. The lowest BCUT2D eigenvalue weighted by molar-refractivity contribution is -0.127. The molecule has 0 fully saturated rings. The number of carbonyl (C=O) groups is 1. The summed E-state index contributed by atoms with van der Waals surface area (Å²) in [5.41, 5.74) is 8.20. The second kappa shape index (κ2) is 8.33. The quantitative estimate of drug-likeness (QED) is 0.752. The highest BCUT2D eigenvalue weighted by Gasteiger charge is 2.16. The third-order valence-corrected chi connectivity index (χ3v) is 3.26. The van der Waals surface area contributed by atoms with Crippen LogP contribution in [-0.2, 0) is 11.2 Å². The molecule has 0 aliphatic carbocycles. The van der Waals surface area contributed by atoms with Gasteiger partial charge in [-0.15, -0.1) is 6.42 Å². The van der Waals surface area contributed by atoms with Gasteiger partial charge in [-0.1, -0.05) is 30.5 Å². The number of nitrogens with one attached hydrogen (secondary N) is 1. The van der Waals surface area contributed by atoms with Crippen LogP contribution in [0.1, 0.15) is 31.4 Å². The van der Waals surface area contributed by atoms with Crippen molar-refractivity contribution in [3.63, 3.8) is 0 Å². The van der Waals surface area contributed by atoms with E-state index in [2.05, 4.69) is 24.2 Å². The summed E-state index contributed by atoms with van der Waals surface area (Å²) in [6.45, 7) is 5.98. The van der Waals surface area contributed by atoms with Crippen molar-refractivity contribution in [1.82, 2.24) is 5.32 Å². The second-order valence-electron chi connectivity index (χ2n) is 5.17. The number of terminal acetylenes is 1. The molecule has 0 aromatic heterocycles. The van der Waals surface area contributed by atoms with E-state index < -0.39 is 6.10 Å². The summed E-state index contributed by atoms with van der Waals surface area (Å²) in [5, 5.41) is 2.61. The lowest BCUT2D eigenvalue weighted by Crippen LogP contribution is -2.36. The molecule has 0 radical (unpaired) electrons. The summed E-state index contributed by atoms with van der Waals surface area (Å²) >= 11 is 0. The number of aryl methyl sites for hydroxylation is 1. The van der Waals surface area contributed by atoms with E-state index >= 15 is 0 Å². The van der Waals surface area contributed by atoms with Gasteiger partial charge in [0.25, 0.3) is 5.91 Å². The van der Waals surface area contributed by atoms with Crippen molar-refractivity contribution in [3.8, 4) is 18.1 Å². The fraction of sp³-hybridized carbons (Fsp3) is 0.471. The standard InChI is InChI=1S/C17H24N2O2/c1-5-9-19-17(20)13(4)21-16-8-7-12(3)10-14(16)11-15(18)6-2/h1,7-8,10,13,15H,6,9,11,18H2,2-4H3,(H,19,20). The third kappa shape index (κ3) is 5.49. The molecule has 0 aliphatic heterocycles. The molecular formula is C17H24N2O2. The molecule has 114 valence electrons. The Morgan fingerprint density at radius 1 is 1.52 bits per heavy atom. The largest absolute Gasteiger partial charge is 0.481 e. The minimum absolute atomic E-state index is 0.0831. The van der Waals surface area contributed by atoms with Crippen LogP contribution in [0.15, 0.2) is 18.2 Å². The maximum Gasteiger partial charge on any atom is 0.261 e. The highest BCUT2D eigenvalue weighted by atomic mass is 16.5. The van der Waals surface area contributed by atoms with Crippen LogP contribution in [0.5, 0.6) is 5.75 Å². The molecule has 0 bridgehead atoms. The summed E-state index contributed by atoms with van der Waals surface area (Å²) < 4.78 is 5.77. The molecule has 0 saturated carbocycles. The molecule has 4 heteroatoms. The van der Waals surface area contributed by atoms with Gasteiger partial charge in [-0.2, -0.15) is 0 Å². The second-order valence-corrected chi connectivity index (χ2v) is 5.17. The number of benzene rings is 1. The summed E-state index contributed by atoms with van der Waals surface area (Å²) in [4.78, 5) is 11.8. The molecule has 1 aromatic carbocycles. The molecule has 0 saturated heterocycles. The molecule has 0 aliphatic rings. The van der Waals surface area contributed by atoms with Crippen molar-refractivity contribution in [3.05, 3.63) is 29.3 Å². The average molecular weight is 288 g/mol. The summed E-state index contributed by atoms with van der Waals surface area (Å²) in [5.74, 6) is 2.84. The van der Waals surface area contributed by atoms with Gasteiger partial charge in [0, 0.05) is 6.04 Å². The molecule has 0 heterocycles. The van der Waals surface area contributed by atoms with Gasteiger partial charge in [-0.25, -0.2) is 0 Å². The number of carbonyl (C=O) groups excluding carboxylic acids is 1. The normalized spacial score (nSPS) is 13.1. The lowest BCUT2D eigenvalue weighted by atomic mass is 10.0. The van der Waals surface area contributed by atoms with Crippen LogP contribution in [0.2, 0.25) is 0 Å². The van der Waals surface area contributed by atoms with Gasteiger partial charge in [0.1, 0.15) is 5.75 Å². The monoisotopic (exact) mass is 288 g/mol. The van der Waals surface area contributed by atoms with Crippen molar-refractivity contribution in [2.75, 3.05) is 6.54 Å². The summed E-state index contributed by atoms with van der Waals surface area (Å²) in [6.07, 6.45) is 6.14. The minimum atomic E-state index is -0.599. The molecule has 3 N–H and O–H groups in total. The van der Waals surface area contributed by atoms with Crippen LogP contribution >= 0.6 is 0 Å². The smallest absolute Gasteiger partial charge is 0.261 e. The Kier molecular flexibility index (Phi) is 6.77. The maximum atomic E-state index is 11.8. The predicted molar refractivity (Wildman–Crippen MR) is 85.1 cm³/mol. The van der Waals surface area contributed by atoms with E-state index in [0.717, 1.165) is 24.0 Å². The predicted octanol–water partition coefficient (Wildman–Crippen LogP) is 1.79. The van der Waals surface area contributed by atoms with Gasteiger partial charge < -0.3 is 15.8 Å². The topological polar surface area (TPSA) is 64.3 Å². The number of hydrogen-bond donors (Lipinski definition) is 2. The number of rotatable bonds is 7. The zero-order valence-electron chi connectivity index (χ0n) is 13.0. The first-order valence-corrected chi connectivity index (χ1v) is 7.20. The zero-order valence-corrected chi connectivity index (χ0v) is 13.0. The number of ether oxygens (including phenoxy) is 1. The molecule has 1 rings (SSSR count). The first-order chi connectivity index (χ1) is 9.97. The van der Waals surface area contributed by atoms with Gasteiger partial charge in [0.05, 0.1) is 6.54 Å². The Morgan fingerprint density at radius 3 is 2.86 bits per heavy atom. The third-order valence-electron chi connectivity index (χ3n) is 3.26. The van der Waals surface area contributed by atoms with E-state index in [9.17, 15) is 4.79 Å². The molecule has 1 amide bonds. The fourth-order valence-corrected chi connectivity index (χ4v) is 1.94. The Hall–Kier alpha value is -1.99. The van der Waals surface area contributed by atoms with Gasteiger partial charge in [0.2, 0.25) is 0 Å². The first kappa shape index (κ1) is 17.1. The number of nitrogens with two attached hydrogens (primary N) is 1. The average Bonchev–Trinajstić information content (AvgIpc) is 2.47. The van der Waals surface area contributed by atoms with Crippen LogP contribution in [-0.4, -0.2) is 24.6 Å². The van der Waals surface area contributed by atoms with Crippen LogP contribution in [0.4, 0.5) is 0 Å². The Labute approximate surface area is 127 Å². The van der Waals surface area contributed by atoms with Crippen LogP contribution in [0, 0.1) is 19.3 Å². The Bertz CT molecular complexity index is 520. The Balaban J connectivity index is 2.82. The fourth-order valence-electron chi connectivity index (χ4n) is 1.94.